The number of hydrogen-bond donors (Lipinski definition) is 1. The van der Waals surface area contributed by atoms with Gasteiger partial charge in [-0.15, -0.1) is 0 Å². The fourth-order valence-electron chi connectivity index (χ4n) is 3.49. The van der Waals surface area contributed by atoms with Crippen molar-refractivity contribution in [3.8, 4) is 11.8 Å². The quantitative estimate of drug-likeness (QED) is 0.508. The van der Waals surface area contributed by atoms with Crippen LogP contribution >= 0.6 is 0 Å². The summed E-state index contributed by atoms with van der Waals surface area (Å²) in [5.41, 5.74) is 4.87. The van der Waals surface area contributed by atoms with Crippen molar-refractivity contribution in [3.05, 3.63) is 84.1 Å². The number of anilines is 2. The number of aromatic nitrogens is 4. The lowest BCUT2D eigenvalue weighted by molar-refractivity contribution is 0.886. The number of para-hydroxylation sites is 3. The number of imidazole rings is 1. The van der Waals surface area contributed by atoms with Crippen molar-refractivity contribution < 1.29 is 0 Å². The van der Waals surface area contributed by atoms with Gasteiger partial charge < -0.3 is 5.32 Å². The standard InChI is InChI=1S/C22H16N6/c1-15-13-21(26-20-11-12-24-28(20)16-7-3-2-4-8-16)27-19-10-6-5-9-18(19)25-22(27)17(15)14-23/h2-13,26H,1H3. The molecular formula is C22H16N6. The van der Waals surface area contributed by atoms with Gasteiger partial charge in [0.15, 0.2) is 5.65 Å². The van der Waals surface area contributed by atoms with E-state index >= 15 is 0 Å². The van der Waals surface area contributed by atoms with E-state index in [4.69, 9.17) is 4.98 Å². The molecule has 0 saturated carbocycles. The average molecular weight is 364 g/mol. The Labute approximate surface area is 161 Å². The predicted molar refractivity (Wildman–Crippen MR) is 109 cm³/mol. The minimum absolute atomic E-state index is 0.582. The summed E-state index contributed by atoms with van der Waals surface area (Å²) < 4.78 is 3.84. The zero-order valence-corrected chi connectivity index (χ0v) is 15.2. The molecule has 3 heterocycles. The molecule has 28 heavy (non-hydrogen) atoms. The fourth-order valence-corrected chi connectivity index (χ4v) is 3.49. The summed E-state index contributed by atoms with van der Waals surface area (Å²) in [5.74, 6) is 1.66. The molecule has 5 rings (SSSR count). The van der Waals surface area contributed by atoms with Gasteiger partial charge in [0.25, 0.3) is 0 Å². The van der Waals surface area contributed by atoms with Crippen molar-refractivity contribution >= 4 is 28.3 Å². The molecule has 0 amide bonds. The Morgan fingerprint density at radius 2 is 1.75 bits per heavy atom. The third-order valence-corrected chi connectivity index (χ3v) is 4.78. The Morgan fingerprint density at radius 1 is 0.964 bits per heavy atom. The van der Waals surface area contributed by atoms with Crippen LogP contribution in [0.25, 0.3) is 22.4 Å². The summed E-state index contributed by atoms with van der Waals surface area (Å²) in [6, 6.07) is 24.0. The van der Waals surface area contributed by atoms with Crippen LogP contribution in [0, 0.1) is 18.3 Å². The largest absolute Gasteiger partial charge is 0.326 e. The minimum atomic E-state index is 0.582. The molecule has 0 spiro atoms. The number of hydrogen-bond acceptors (Lipinski definition) is 4. The maximum atomic E-state index is 9.64. The van der Waals surface area contributed by atoms with Crippen molar-refractivity contribution in [3.63, 3.8) is 0 Å². The van der Waals surface area contributed by atoms with Crippen LogP contribution in [0.2, 0.25) is 0 Å². The third kappa shape index (κ3) is 2.42. The summed E-state index contributed by atoms with van der Waals surface area (Å²) >= 11 is 0. The van der Waals surface area contributed by atoms with Gasteiger partial charge in [-0.2, -0.15) is 10.4 Å². The number of benzene rings is 2. The highest BCUT2D eigenvalue weighted by molar-refractivity contribution is 5.85. The molecule has 1 N–H and O–H groups in total. The van der Waals surface area contributed by atoms with Crippen LogP contribution in [-0.2, 0) is 0 Å². The van der Waals surface area contributed by atoms with Crippen LogP contribution in [0.4, 0.5) is 11.6 Å². The number of fused-ring (bicyclic) bond motifs is 3. The molecule has 0 aliphatic carbocycles. The maximum Gasteiger partial charge on any atom is 0.157 e. The van der Waals surface area contributed by atoms with Gasteiger partial charge in [-0.3, -0.25) is 4.40 Å². The number of nitrogens with one attached hydrogen (secondary N) is 1. The van der Waals surface area contributed by atoms with E-state index in [1.807, 2.05) is 82.7 Å². The Kier molecular flexibility index (Phi) is 3.59. The highest BCUT2D eigenvalue weighted by atomic mass is 15.3. The van der Waals surface area contributed by atoms with Crippen molar-refractivity contribution in [1.29, 1.82) is 5.26 Å². The number of nitrogens with zero attached hydrogens (tertiary/aromatic N) is 5. The summed E-state index contributed by atoms with van der Waals surface area (Å²) in [6.07, 6.45) is 1.76. The van der Waals surface area contributed by atoms with E-state index in [0.717, 1.165) is 33.9 Å². The van der Waals surface area contributed by atoms with Gasteiger partial charge >= 0.3 is 0 Å². The molecule has 0 unspecified atom stereocenters. The normalized spacial score (nSPS) is 11.0. The van der Waals surface area contributed by atoms with Gasteiger partial charge in [0.2, 0.25) is 0 Å². The SMILES string of the molecule is Cc1cc(Nc2ccnn2-c2ccccc2)n2c(nc3ccccc32)c1C#N. The molecule has 5 aromatic rings. The van der Waals surface area contributed by atoms with Crippen LogP contribution < -0.4 is 5.32 Å². The molecule has 0 atom stereocenters. The van der Waals surface area contributed by atoms with Crippen molar-refractivity contribution in [2.45, 2.75) is 6.92 Å². The number of pyridine rings is 1. The van der Waals surface area contributed by atoms with E-state index in [1.54, 1.807) is 6.20 Å². The maximum absolute atomic E-state index is 9.64. The molecule has 0 fully saturated rings. The Bertz CT molecular complexity index is 1350. The smallest absolute Gasteiger partial charge is 0.157 e. The Balaban J connectivity index is 1.73. The molecule has 6 nitrogen and oxygen atoms in total. The lowest BCUT2D eigenvalue weighted by Crippen LogP contribution is -2.06. The van der Waals surface area contributed by atoms with E-state index in [2.05, 4.69) is 16.5 Å². The second-order valence-electron chi connectivity index (χ2n) is 6.55. The lowest BCUT2D eigenvalue weighted by Gasteiger charge is -2.14. The van der Waals surface area contributed by atoms with Crippen LogP contribution in [0.1, 0.15) is 11.1 Å². The van der Waals surface area contributed by atoms with E-state index in [1.165, 1.54) is 0 Å². The highest BCUT2D eigenvalue weighted by Crippen LogP contribution is 2.29. The fraction of sp³-hybridized carbons (Fsp3) is 0.0455. The zero-order chi connectivity index (χ0) is 19.1. The van der Waals surface area contributed by atoms with E-state index in [9.17, 15) is 5.26 Å². The molecule has 3 aromatic heterocycles. The minimum Gasteiger partial charge on any atom is -0.326 e. The highest BCUT2D eigenvalue weighted by Gasteiger charge is 2.16. The Morgan fingerprint density at radius 3 is 2.57 bits per heavy atom. The first-order valence-electron chi connectivity index (χ1n) is 8.93. The zero-order valence-electron chi connectivity index (χ0n) is 15.2. The first kappa shape index (κ1) is 16.1. The summed E-state index contributed by atoms with van der Waals surface area (Å²) in [4.78, 5) is 4.70. The second-order valence-corrected chi connectivity index (χ2v) is 6.55. The van der Waals surface area contributed by atoms with E-state index < -0.39 is 0 Å². The van der Waals surface area contributed by atoms with Gasteiger partial charge in [0.05, 0.1) is 28.5 Å². The van der Waals surface area contributed by atoms with Crippen LogP contribution in [0.15, 0.2) is 72.9 Å². The predicted octanol–water partition coefficient (Wildman–Crippen LogP) is 4.60. The molecule has 0 radical (unpaired) electrons. The molecule has 134 valence electrons. The van der Waals surface area contributed by atoms with E-state index in [-0.39, 0.29) is 0 Å². The van der Waals surface area contributed by atoms with Crippen molar-refractivity contribution in [1.82, 2.24) is 19.2 Å². The first-order valence-corrected chi connectivity index (χ1v) is 8.93. The molecule has 0 bridgehead atoms. The second kappa shape index (κ2) is 6.25. The number of aryl methyl sites for hydroxylation is 1. The van der Waals surface area contributed by atoms with E-state index in [0.29, 0.717) is 11.2 Å². The van der Waals surface area contributed by atoms with Crippen molar-refractivity contribution in [2.24, 2.45) is 0 Å². The average Bonchev–Trinajstić information content (AvgIpc) is 3.33. The first-order chi connectivity index (χ1) is 13.8. The molecule has 2 aromatic carbocycles. The van der Waals surface area contributed by atoms with Gasteiger partial charge in [0.1, 0.15) is 17.7 Å². The van der Waals surface area contributed by atoms with Crippen molar-refractivity contribution in [2.75, 3.05) is 5.32 Å². The molecule has 0 aliphatic rings. The molecular weight excluding hydrogens is 348 g/mol. The van der Waals surface area contributed by atoms with Gasteiger partial charge in [-0.1, -0.05) is 30.3 Å². The lowest BCUT2D eigenvalue weighted by atomic mass is 10.1. The Hall–Kier alpha value is -4.11. The van der Waals surface area contributed by atoms with Crippen LogP contribution in [0.3, 0.4) is 0 Å². The molecule has 0 aliphatic heterocycles. The topological polar surface area (TPSA) is 70.9 Å². The number of rotatable bonds is 3. The molecule has 6 heteroatoms. The van der Waals surface area contributed by atoms with Gasteiger partial charge in [-0.25, -0.2) is 9.67 Å². The van der Waals surface area contributed by atoms with Gasteiger partial charge in [-0.05, 0) is 42.8 Å². The monoisotopic (exact) mass is 364 g/mol. The van der Waals surface area contributed by atoms with Crippen LogP contribution in [0.5, 0.6) is 0 Å². The summed E-state index contributed by atoms with van der Waals surface area (Å²) in [7, 11) is 0. The molecule has 0 saturated heterocycles. The summed E-state index contributed by atoms with van der Waals surface area (Å²) in [5, 5.41) is 17.6. The summed E-state index contributed by atoms with van der Waals surface area (Å²) in [6.45, 7) is 1.93. The third-order valence-electron chi connectivity index (χ3n) is 4.78. The van der Waals surface area contributed by atoms with Crippen LogP contribution in [-0.4, -0.2) is 19.2 Å². The van der Waals surface area contributed by atoms with Gasteiger partial charge in [0, 0.05) is 6.07 Å². The number of nitriles is 1.